The molecule has 3 N–H and O–H groups in total. The Balaban J connectivity index is 2.05. The van der Waals surface area contributed by atoms with Crippen LogP contribution in [-0.2, 0) is 0 Å². The maximum absolute atomic E-state index is 5.67. The monoisotopic (exact) mass is 239 g/mol. The van der Waals surface area contributed by atoms with Crippen molar-refractivity contribution in [2.75, 3.05) is 5.73 Å². The van der Waals surface area contributed by atoms with Gasteiger partial charge in [-0.15, -0.1) is 0 Å². The van der Waals surface area contributed by atoms with Gasteiger partial charge < -0.3 is 15.1 Å². The van der Waals surface area contributed by atoms with Crippen molar-refractivity contribution in [3.8, 4) is 22.8 Å². The molecule has 0 amide bonds. The summed E-state index contributed by atoms with van der Waals surface area (Å²) < 4.78 is 5.37. The van der Waals surface area contributed by atoms with Gasteiger partial charge in [-0.2, -0.15) is 0 Å². The Bertz CT molecular complexity index is 651. The van der Waals surface area contributed by atoms with Crippen LogP contribution >= 0.6 is 0 Å². The fourth-order valence-corrected chi connectivity index (χ4v) is 1.89. The number of aryl methyl sites for hydroxylation is 1. The molecule has 1 aromatic carbocycles. The van der Waals surface area contributed by atoms with Crippen LogP contribution in [0.5, 0.6) is 0 Å². The summed E-state index contributed by atoms with van der Waals surface area (Å²) in [6, 6.07) is 11.4. The lowest BCUT2D eigenvalue weighted by Gasteiger charge is -1.96. The van der Waals surface area contributed by atoms with Gasteiger partial charge in [-0.1, -0.05) is 0 Å². The van der Waals surface area contributed by atoms with Gasteiger partial charge in [0.05, 0.1) is 6.26 Å². The topological polar surface area (TPSA) is 67.8 Å². The average Bonchev–Trinajstić information content (AvgIpc) is 2.99. The van der Waals surface area contributed by atoms with Crippen molar-refractivity contribution in [1.29, 1.82) is 0 Å². The molecule has 0 atom stereocenters. The van der Waals surface area contributed by atoms with E-state index in [1.807, 2.05) is 43.3 Å². The maximum Gasteiger partial charge on any atom is 0.154 e. The lowest BCUT2D eigenvalue weighted by atomic mass is 10.2. The molecular weight excluding hydrogens is 226 g/mol. The molecule has 90 valence electrons. The minimum absolute atomic E-state index is 0.744. The second-order valence-electron chi connectivity index (χ2n) is 4.16. The fraction of sp³-hybridized carbons (Fsp3) is 0.0714. The van der Waals surface area contributed by atoms with E-state index in [2.05, 4.69) is 9.97 Å². The molecule has 0 aliphatic heterocycles. The SMILES string of the molecule is Cc1[nH]c(-c2ccc(N)cc2)nc1-c1ccco1. The van der Waals surface area contributed by atoms with E-state index >= 15 is 0 Å². The van der Waals surface area contributed by atoms with E-state index in [0.29, 0.717) is 0 Å². The van der Waals surface area contributed by atoms with E-state index in [0.717, 1.165) is 34.2 Å². The smallest absolute Gasteiger partial charge is 0.154 e. The molecule has 4 nitrogen and oxygen atoms in total. The van der Waals surface area contributed by atoms with E-state index in [9.17, 15) is 0 Å². The Labute approximate surface area is 104 Å². The van der Waals surface area contributed by atoms with E-state index in [4.69, 9.17) is 10.2 Å². The second-order valence-corrected chi connectivity index (χ2v) is 4.16. The van der Waals surface area contributed by atoms with Crippen LogP contribution in [-0.4, -0.2) is 9.97 Å². The first-order valence-corrected chi connectivity index (χ1v) is 5.70. The zero-order valence-electron chi connectivity index (χ0n) is 9.97. The van der Waals surface area contributed by atoms with Crippen LogP contribution in [0.4, 0.5) is 5.69 Å². The highest BCUT2D eigenvalue weighted by molar-refractivity contribution is 5.65. The Morgan fingerprint density at radius 1 is 1.17 bits per heavy atom. The summed E-state index contributed by atoms with van der Waals surface area (Å²) in [5, 5.41) is 0. The third-order valence-corrected chi connectivity index (χ3v) is 2.82. The highest BCUT2D eigenvalue weighted by Gasteiger charge is 2.12. The Morgan fingerprint density at radius 3 is 2.61 bits per heavy atom. The molecule has 0 unspecified atom stereocenters. The largest absolute Gasteiger partial charge is 0.463 e. The number of nitrogens with one attached hydrogen (secondary N) is 1. The van der Waals surface area contributed by atoms with Crippen molar-refractivity contribution in [3.05, 3.63) is 48.4 Å². The molecule has 2 aromatic heterocycles. The normalized spacial score (nSPS) is 10.7. The number of imidazole rings is 1. The Hall–Kier alpha value is -2.49. The molecule has 18 heavy (non-hydrogen) atoms. The van der Waals surface area contributed by atoms with Crippen LogP contribution in [0.15, 0.2) is 47.1 Å². The summed E-state index contributed by atoms with van der Waals surface area (Å²) in [4.78, 5) is 7.82. The van der Waals surface area contributed by atoms with Gasteiger partial charge in [-0.3, -0.25) is 0 Å². The number of aromatic nitrogens is 2. The maximum atomic E-state index is 5.67. The predicted molar refractivity (Wildman–Crippen MR) is 70.9 cm³/mol. The molecule has 0 saturated carbocycles. The zero-order chi connectivity index (χ0) is 12.5. The van der Waals surface area contributed by atoms with Crippen molar-refractivity contribution in [3.63, 3.8) is 0 Å². The van der Waals surface area contributed by atoms with Crippen molar-refractivity contribution in [2.24, 2.45) is 0 Å². The molecule has 3 aromatic rings. The first-order chi connectivity index (χ1) is 8.74. The summed E-state index contributed by atoms with van der Waals surface area (Å²) in [6.07, 6.45) is 1.65. The molecule has 0 spiro atoms. The van der Waals surface area contributed by atoms with Gasteiger partial charge in [0.1, 0.15) is 11.5 Å². The van der Waals surface area contributed by atoms with Crippen LogP contribution in [0.3, 0.4) is 0 Å². The Kier molecular flexibility index (Phi) is 2.41. The van der Waals surface area contributed by atoms with Gasteiger partial charge in [-0.25, -0.2) is 4.98 Å². The third-order valence-electron chi connectivity index (χ3n) is 2.82. The lowest BCUT2D eigenvalue weighted by Crippen LogP contribution is -1.85. The number of anilines is 1. The van der Waals surface area contributed by atoms with Crippen molar-refractivity contribution in [2.45, 2.75) is 6.92 Å². The summed E-state index contributed by atoms with van der Waals surface area (Å²) in [5.41, 5.74) is 9.24. The molecule has 0 fully saturated rings. The van der Waals surface area contributed by atoms with Gasteiger partial charge in [-0.05, 0) is 43.3 Å². The molecule has 0 aliphatic carbocycles. The Morgan fingerprint density at radius 2 is 1.94 bits per heavy atom. The van der Waals surface area contributed by atoms with Crippen LogP contribution < -0.4 is 5.73 Å². The van der Waals surface area contributed by atoms with Crippen LogP contribution in [0.25, 0.3) is 22.8 Å². The molecule has 3 rings (SSSR count). The van der Waals surface area contributed by atoms with Crippen LogP contribution in [0.2, 0.25) is 0 Å². The fourth-order valence-electron chi connectivity index (χ4n) is 1.89. The van der Waals surface area contributed by atoms with Gasteiger partial charge in [0.25, 0.3) is 0 Å². The zero-order valence-corrected chi connectivity index (χ0v) is 9.97. The van der Waals surface area contributed by atoms with E-state index in [1.54, 1.807) is 6.26 Å². The quantitative estimate of drug-likeness (QED) is 0.674. The third kappa shape index (κ3) is 1.78. The summed E-state index contributed by atoms with van der Waals surface area (Å²) >= 11 is 0. The summed E-state index contributed by atoms with van der Waals surface area (Å²) in [6.45, 7) is 1.98. The van der Waals surface area contributed by atoms with Gasteiger partial charge in [0.15, 0.2) is 5.76 Å². The number of hydrogen-bond donors (Lipinski definition) is 2. The first-order valence-electron chi connectivity index (χ1n) is 5.70. The molecule has 2 heterocycles. The number of nitrogens with zero attached hydrogens (tertiary/aromatic N) is 1. The van der Waals surface area contributed by atoms with Gasteiger partial charge >= 0.3 is 0 Å². The average molecular weight is 239 g/mol. The molecule has 4 heteroatoms. The standard InChI is InChI=1S/C14H13N3O/c1-9-13(12-3-2-8-18-12)17-14(16-9)10-4-6-11(15)7-5-10/h2-8H,15H2,1H3,(H,16,17). The minimum atomic E-state index is 0.744. The predicted octanol–water partition coefficient (Wildman–Crippen LogP) is 3.23. The van der Waals surface area contributed by atoms with Crippen LogP contribution in [0.1, 0.15) is 5.69 Å². The lowest BCUT2D eigenvalue weighted by molar-refractivity contribution is 0.580. The van der Waals surface area contributed by atoms with Crippen molar-refractivity contribution < 1.29 is 4.42 Å². The summed E-state index contributed by atoms with van der Waals surface area (Å²) in [7, 11) is 0. The number of nitrogen functional groups attached to an aromatic ring is 1. The number of aromatic amines is 1. The van der Waals surface area contributed by atoms with Crippen molar-refractivity contribution >= 4 is 5.69 Å². The van der Waals surface area contributed by atoms with E-state index in [1.165, 1.54) is 0 Å². The molecule has 0 bridgehead atoms. The number of benzene rings is 1. The molecule has 0 aliphatic rings. The van der Waals surface area contributed by atoms with E-state index in [-0.39, 0.29) is 0 Å². The number of furan rings is 1. The van der Waals surface area contributed by atoms with Gasteiger partial charge in [0.2, 0.25) is 0 Å². The number of hydrogen-bond acceptors (Lipinski definition) is 3. The van der Waals surface area contributed by atoms with Gasteiger partial charge in [0, 0.05) is 16.9 Å². The molecule has 0 saturated heterocycles. The number of nitrogens with two attached hydrogens (primary N) is 1. The number of rotatable bonds is 2. The minimum Gasteiger partial charge on any atom is -0.463 e. The van der Waals surface area contributed by atoms with Crippen LogP contribution in [0, 0.1) is 6.92 Å². The highest BCUT2D eigenvalue weighted by atomic mass is 16.3. The summed E-state index contributed by atoms with van der Waals surface area (Å²) in [5.74, 6) is 1.59. The second kappa shape index (κ2) is 4.07. The highest BCUT2D eigenvalue weighted by Crippen LogP contribution is 2.26. The van der Waals surface area contributed by atoms with E-state index < -0.39 is 0 Å². The first kappa shape index (κ1) is 10.7. The van der Waals surface area contributed by atoms with Crippen molar-refractivity contribution in [1.82, 2.24) is 9.97 Å². The molecule has 0 radical (unpaired) electrons. The molecular formula is C14H13N3O. The number of H-pyrrole nitrogens is 1.